The summed E-state index contributed by atoms with van der Waals surface area (Å²) in [6.45, 7) is 9.76. The van der Waals surface area contributed by atoms with Crippen LogP contribution in [0.1, 0.15) is 51.6 Å². The molecule has 1 saturated heterocycles. The third-order valence-corrected chi connectivity index (χ3v) is 5.72. The zero-order chi connectivity index (χ0) is 16.9. The molecule has 4 heteroatoms. The maximum Gasteiger partial charge on any atom is 0.0498 e. The van der Waals surface area contributed by atoms with Crippen LogP contribution < -0.4 is 5.32 Å². The summed E-state index contributed by atoms with van der Waals surface area (Å²) in [6.07, 6.45) is 5.38. The molecule has 2 rings (SSSR count). The number of nitrogens with one attached hydrogen (secondary N) is 1. The van der Waals surface area contributed by atoms with Crippen molar-refractivity contribution in [3.8, 4) is 0 Å². The van der Waals surface area contributed by atoms with E-state index < -0.39 is 10.8 Å². The van der Waals surface area contributed by atoms with Crippen LogP contribution in [0.3, 0.4) is 0 Å². The van der Waals surface area contributed by atoms with Gasteiger partial charge in [-0.2, -0.15) is 0 Å². The number of ether oxygens (including phenoxy) is 1. The molecule has 1 fully saturated rings. The zero-order valence-corrected chi connectivity index (χ0v) is 15.7. The van der Waals surface area contributed by atoms with Crippen molar-refractivity contribution in [2.24, 2.45) is 11.3 Å². The average Bonchev–Trinajstić information content (AvgIpc) is 2.53. The normalized spacial score (nSPS) is 19.5. The molecule has 0 spiro atoms. The monoisotopic (exact) mass is 337 g/mol. The minimum atomic E-state index is -0.903. The van der Waals surface area contributed by atoms with Gasteiger partial charge in [-0.3, -0.25) is 4.21 Å². The lowest BCUT2D eigenvalue weighted by Gasteiger charge is -2.33. The van der Waals surface area contributed by atoms with Crippen molar-refractivity contribution in [1.29, 1.82) is 0 Å². The lowest BCUT2D eigenvalue weighted by atomic mass is 9.79. The Hall–Kier alpha value is -0.710. The molecule has 1 aliphatic rings. The Morgan fingerprint density at radius 1 is 1.26 bits per heavy atom. The van der Waals surface area contributed by atoms with Gasteiger partial charge in [0.05, 0.1) is 0 Å². The highest BCUT2D eigenvalue weighted by molar-refractivity contribution is 7.84. The highest BCUT2D eigenvalue weighted by Gasteiger charge is 2.25. The fraction of sp³-hybridized carbons (Fsp3) is 0.684. The maximum absolute atomic E-state index is 11.5. The van der Waals surface area contributed by atoms with E-state index in [1.807, 2.05) is 12.1 Å². The summed E-state index contributed by atoms with van der Waals surface area (Å²) in [5, 5.41) is 3.67. The topological polar surface area (TPSA) is 38.3 Å². The fourth-order valence-electron chi connectivity index (χ4n) is 3.30. The van der Waals surface area contributed by atoms with Crippen molar-refractivity contribution in [2.75, 3.05) is 26.0 Å². The Balaban J connectivity index is 1.84. The van der Waals surface area contributed by atoms with Gasteiger partial charge in [0, 0.05) is 47.8 Å². The molecule has 3 nitrogen and oxygen atoms in total. The van der Waals surface area contributed by atoms with Gasteiger partial charge in [0.15, 0.2) is 0 Å². The Morgan fingerprint density at radius 2 is 1.87 bits per heavy atom. The van der Waals surface area contributed by atoms with E-state index in [1.54, 1.807) is 6.26 Å². The molecule has 0 bridgehead atoms. The molecule has 1 aromatic carbocycles. The molecule has 1 aromatic rings. The highest BCUT2D eigenvalue weighted by Crippen LogP contribution is 2.31. The summed E-state index contributed by atoms with van der Waals surface area (Å²) in [5.74, 6) is 0.801. The van der Waals surface area contributed by atoms with Crippen LogP contribution in [0.15, 0.2) is 29.2 Å². The van der Waals surface area contributed by atoms with Crippen LogP contribution in [-0.4, -0.2) is 30.2 Å². The first kappa shape index (κ1) is 18.6. The second-order valence-corrected chi connectivity index (χ2v) is 8.93. The lowest BCUT2D eigenvalue weighted by molar-refractivity contribution is 0.0509. The molecular formula is C19H31NO2S. The number of rotatable bonds is 7. The number of benzene rings is 1. The number of hydrogen-bond donors (Lipinski definition) is 1. The van der Waals surface area contributed by atoms with E-state index in [0.717, 1.165) is 30.6 Å². The molecule has 23 heavy (non-hydrogen) atoms. The van der Waals surface area contributed by atoms with E-state index in [2.05, 4.69) is 38.2 Å². The second-order valence-electron chi connectivity index (χ2n) is 7.55. The first-order valence-electron chi connectivity index (χ1n) is 8.62. The summed E-state index contributed by atoms with van der Waals surface area (Å²) in [6, 6.07) is 8.41. The maximum atomic E-state index is 11.5. The molecule has 0 unspecified atom stereocenters. The predicted octanol–water partition coefficient (Wildman–Crippen LogP) is 3.92. The van der Waals surface area contributed by atoms with Gasteiger partial charge in [-0.1, -0.05) is 26.0 Å². The van der Waals surface area contributed by atoms with Gasteiger partial charge in [0.2, 0.25) is 0 Å². The van der Waals surface area contributed by atoms with Gasteiger partial charge < -0.3 is 10.1 Å². The summed E-state index contributed by atoms with van der Waals surface area (Å²) >= 11 is 0. The van der Waals surface area contributed by atoms with Gasteiger partial charge in [-0.05, 0) is 55.2 Å². The highest BCUT2D eigenvalue weighted by atomic mass is 32.2. The van der Waals surface area contributed by atoms with Gasteiger partial charge in [0.1, 0.15) is 0 Å². The van der Waals surface area contributed by atoms with Gasteiger partial charge in [0.25, 0.3) is 0 Å². The van der Waals surface area contributed by atoms with E-state index >= 15 is 0 Å². The van der Waals surface area contributed by atoms with E-state index in [0.29, 0.717) is 11.5 Å². The van der Waals surface area contributed by atoms with E-state index in [1.165, 1.54) is 24.8 Å². The van der Waals surface area contributed by atoms with Crippen LogP contribution in [0.5, 0.6) is 0 Å². The standard InChI is InChI=1S/C19H31NO2S/c1-15(17-5-7-18(8-6-17)23(4)21)20-14-19(2,3)13-16-9-11-22-12-10-16/h5-8,15-16,20H,9-14H2,1-4H3/t15-,23+/m1/s1. The average molecular weight is 338 g/mol. The first-order valence-corrected chi connectivity index (χ1v) is 10.2. The Bertz CT molecular complexity index is 507. The van der Waals surface area contributed by atoms with Crippen molar-refractivity contribution in [3.05, 3.63) is 29.8 Å². The van der Waals surface area contributed by atoms with Crippen LogP contribution in [0.4, 0.5) is 0 Å². The Kier molecular flexibility index (Phi) is 6.81. The molecule has 2 atom stereocenters. The summed E-state index contributed by atoms with van der Waals surface area (Å²) in [7, 11) is -0.903. The van der Waals surface area contributed by atoms with Crippen molar-refractivity contribution >= 4 is 10.8 Å². The third-order valence-electron chi connectivity index (χ3n) is 4.78. The van der Waals surface area contributed by atoms with Crippen LogP contribution in [0.25, 0.3) is 0 Å². The molecule has 0 aliphatic carbocycles. The molecule has 0 aromatic heterocycles. The van der Waals surface area contributed by atoms with E-state index in [9.17, 15) is 4.21 Å². The van der Waals surface area contributed by atoms with Crippen LogP contribution in [0, 0.1) is 11.3 Å². The first-order chi connectivity index (χ1) is 10.9. The molecule has 130 valence electrons. The second kappa shape index (κ2) is 8.41. The van der Waals surface area contributed by atoms with Crippen LogP contribution >= 0.6 is 0 Å². The Morgan fingerprint density at radius 3 is 2.43 bits per heavy atom. The van der Waals surface area contributed by atoms with Crippen molar-refractivity contribution in [2.45, 2.75) is 51.0 Å². The van der Waals surface area contributed by atoms with Crippen LogP contribution in [0.2, 0.25) is 0 Å². The summed E-state index contributed by atoms with van der Waals surface area (Å²) < 4.78 is 16.9. The summed E-state index contributed by atoms with van der Waals surface area (Å²) in [4.78, 5) is 0.890. The van der Waals surface area contributed by atoms with Crippen molar-refractivity contribution < 1.29 is 8.95 Å². The summed E-state index contributed by atoms with van der Waals surface area (Å²) in [5.41, 5.74) is 1.54. The Labute approximate surface area is 143 Å². The molecule has 0 saturated carbocycles. The van der Waals surface area contributed by atoms with Crippen molar-refractivity contribution in [3.63, 3.8) is 0 Å². The molecule has 1 N–H and O–H groups in total. The minimum Gasteiger partial charge on any atom is -0.381 e. The molecule has 0 amide bonds. The predicted molar refractivity (Wildman–Crippen MR) is 97.1 cm³/mol. The van der Waals surface area contributed by atoms with Gasteiger partial charge in [-0.25, -0.2) is 0 Å². The third kappa shape index (κ3) is 6.02. The van der Waals surface area contributed by atoms with Crippen LogP contribution in [-0.2, 0) is 15.5 Å². The number of hydrogen-bond acceptors (Lipinski definition) is 3. The van der Waals surface area contributed by atoms with Gasteiger partial charge in [-0.15, -0.1) is 0 Å². The fourth-order valence-corrected chi connectivity index (χ4v) is 3.82. The van der Waals surface area contributed by atoms with Crippen molar-refractivity contribution in [1.82, 2.24) is 5.32 Å². The minimum absolute atomic E-state index is 0.293. The SMILES string of the molecule is C[C@@H](NCC(C)(C)CC1CCOCC1)c1ccc([S@](C)=O)cc1. The van der Waals surface area contributed by atoms with Gasteiger partial charge >= 0.3 is 0 Å². The van der Waals surface area contributed by atoms with E-state index in [-0.39, 0.29) is 0 Å². The quantitative estimate of drug-likeness (QED) is 0.819. The molecule has 1 heterocycles. The zero-order valence-electron chi connectivity index (χ0n) is 14.9. The molecule has 1 aliphatic heterocycles. The largest absolute Gasteiger partial charge is 0.381 e. The smallest absolute Gasteiger partial charge is 0.0498 e. The van der Waals surface area contributed by atoms with E-state index in [4.69, 9.17) is 4.74 Å². The molecular weight excluding hydrogens is 306 g/mol. The molecule has 0 radical (unpaired) electrons. The lowest BCUT2D eigenvalue weighted by Crippen LogP contribution is -2.34.